The summed E-state index contributed by atoms with van der Waals surface area (Å²) in [4.78, 5) is 38.0. The number of carbonyl (C=O) groups is 3. The van der Waals surface area contributed by atoms with E-state index in [1.165, 1.54) is 5.57 Å². The molecule has 0 bridgehead atoms. The maximum Gasteiger partial charge on any atom is 0.322 e. The van der Waals surface area contributed by atoms with Gasteiger partial charge in [0.15, 0.2) is 0 Å². The minimum Gasteiger partial charge on any atom is -0.342 e. The number of rotatable bonds is 2. The molecule has 4 amide bonds. The van der Waals surface area contributed by atoms with Crippen molar-refractivity contribution in [3.63, 3.8) is 0 Å². The lowest BCUT2D eigenvalue weighted by Gasteiger charge is -2.37. The molecular formula is C17H25N3O3. The highest BCUT2D eigenvalue weighted by molar-refractivity contribution is 6.07. The van der Waals surface area contributed by atoms with Gasteiger partial charge in [-0.2, -0.15) is 0 Å². The van der Waals surface area contributed by atoms with Gasteiger partial charge in [-0.3, -0.25) is 14.9 Å². The van der Waals surface area contributed by atoms with Gasteiger partial charge in [-0.15, -0.1) is 0 Å². The third-order valence-electron chi connectivity index (χ3n) is 5.63. The number of nitrogens with zero attached hydrogens (tertiary/aromatic N) is 1. The van der Waals surface area contributed by atoms with Crippen LogP contribution in [0.1, 0.15) is 40.5 Å². The number of imide groups is 1. The third kappa shape index (κ3) is 2.54. The first kappa shape index (κ1) is 16.0. The van der Waals surface area contributed by atoms with Crippen molar-refractivity contribution in [3.8, 4) is 0 Å². The third-order valence-corrected chi connectivity index (χ3v) is 5.63. The zero-order valence-corrected chi connectivity index (χ0v) is 14.2. The summed E-state index contributed by atoms with van der Waals surface area (Å²) in [6.07, 6.45) is 3.16. The number of hydrogen-bond donors (Lipinski definition) is 2. The van der Waals surface area contributed by atoms with E-state index in [9.17, 15) is 14.4 Å². The summed E-state index contributed by atoms with van der Waals surface area (Å²) in [7, 11) is 0. The number of piperidine rings is 1. The molecule has 0 aromatic rings. The van der Waals surface area contributed by atoms with E-state index in [4.69, 9.17) is 0 Å². The fourth-order valence-electron chi connectivity index (χ4n) is 4.01. The van der Waals surface area contributed by atoms with E-state index >= 15 is 0 Å². The molecular weight excluding hydrogens is 294 g/mol. The second kappa shape index (κ2) is 5.08. The largest absolute Gasteiger partial charge is 0.342 e. The van der Waals surface area contributed by atoms with E-state index in [0.717, 1.165) is 0 Å². The molecule has 2 saturated heterocycles. The van der Waals surface area contributed by atoms with E-state index < -0.39 is 11.6 Å². The number of likely N-dealkylation sites (tertiary alicyclic amines) is 1. The van der Waals surface area contributed by atoms with Crippen LogP contribution in [0.3, 0.4) is 0 Å². The molecule has 3 fully saturated rings. The Hall–Kier alpha value is -1.85. The molecule has 3 aliphatic rings. The van der Waals surface area contributed by atoms with Crippen molar-refractivity contribution < 1.29 is 14.4 Å². The van der Waals surface area contributed by atoms with Gasteiger partial charge in [0.25, 0.3) is 5.91 Å². The summed E-state index contributed by atoms with van der Waals surface area (Å²) in [5.41, 5.74) is 0.426. The molecule has 3 rings (SSSR count). The summed E-state index contributed by atoms with van der Waals surface area (Å²) < 4.78 is 0. The molecule has 6 nitrogen and oxygen atoms in total. The Morgan fingerprint density at radius 2 is 1.83 bits per heavy atom. The molecule has 0 unspecified atom stereocenters. The van der Waals surface area contributed by atoms with Crippen LogP contribution in [-0.2, 0) is 9.59 Å². The maximum absolute atomic E-state index is 12.8. The molecule has 2 atom stereocenters. The molecule has 1 aliphatic carbocycles. The van der Waals surface area contributed by atoms with Crippen LogP contribution in [0.5, 0.6) is 0 Å². The van der Waals surface area contributed by atoms with E-state index in [1.54, 1.807) is 0 Å². The monoisotopic (exact) mass is 319 g/mol. The number of amides is 4. The van der Waals surface area contributed by atoms with Gasteiger partial charge in [-0.1, -0.05) is 25.5 Å². The van der Waals surface area contributed by atoms with Crippen LogP contribution >= 0.6 is 0 Å². The number of nitrogens with one attached hydrogen (secondary N) is 2. The topological polar surface area (TPSA) is 78.5 Å². The van der Waals surface area contributed by atoms with E-state index in [1.807, 2.05) is 4.90 Å². The smallest absolute Gasteiger partial charge is 0.322 e. The zero-order chi connectivity index (χ0) is 17.0. The van der Waals surface area contributed by atoms with Crippen molar-refractivity contribution in [2.24, 2.45) is 17.3 Å². The number of carbonyl (C=O) groups excluding carboxylic acids is 3. The quantitative estimate of drug-likeness (QED) is 0.597. The fourth-order valence-corrected chi connectivity index (χ4v) is 4.01. The lowest BCUT2D eigenvalue weighted by atomic mass is 9.87. The first-order chi connectivity index (χ1) is 10.7. The van der Waals surface area contributed by atoms with Crippen molar-refractivity contribution >= 4 is 17.8 Å². The minimum atomic E-state index is -0.813. The van der Waals surface area contributed by atoms with Gasteiger partial charge in [-0.25, -0.2) is 4.79 Å². The number of hydrogen-bond acceptors (Lipinski definition) is 3. The fraction of sp³-hybridized carbons (Fsp3) is 0.706. The van der Waals surface area contributed by atoms with Crippen molar-refractivity contribution in [2.75, 3.05) is 13.1 Å². The highest BCUT2D eigenvalue weighted by Gasteiger charge is 2.61. The van der Waals surface area contributed by atoms with E-state index in [0.29, 0.717) is 31.8 Å². The number of urea groups is 1. The molecule has 23 heavy (non-hydrogen) atoms. The maximum atomic E-state index is 12.8. The Bertz CT molecular complexity index is 596. The molecule has 1 saturated carbocycles. The van der Waals surface area contributed by atoms with Crippen molar-refractivity contribution in [3.05, 3.63) is 11.6 Å². The van der Waals surface area contributed by atoms with Crippen molar-refractivity contribution in [1.29, 1.82) is 0 Å². The normalized spacial score (nSPS) is 30.7. The molecule has 2 aliphatic heterocycles. The van der Waals surface area contributed by atoms with E-state index in [2.05, 4.69) is 44.4 Å². The van der Waals surface area contributed by atoms with E-state index in [-0.39, 0.29) is 23.1 Å². The summed E-state index contributed by atoms with van der Waals surface area (Å²) in [5, 5.41) is 5.03. The van der Waals surface area contributed by atoms with Crippen LogP contribution < -0.4 is 10.6 Å². The van der Waals surface area contributed by atoms with Crippen LogP contribution in [0.15, 0.2) is 11.6 Å². The highest BCUT2D eigenvalue weighted by Crippen LogP contribution is 2.60. The summed E-state index contributed by atoms with van der Waals surface area (Å²) in [5.74, 6) is 0.240. The molecule has 6 heteroatoms. The molecule has 126 valence electrons. The Kier molecular flexibility index (Phi) is 3.54. The Morgan fingerprint density at radius 1 is 1.22 bits per heavy atom. The molecule has 2 N–H and O–H groups in total. The first-order valence-electron chi connectivity index (χ1n) is 8.25. The van der Waals surface area contributed by atoms with Gasteiger partial charge in [0.2, 0.25) is 5.91 Å². The van der Waals surface area contributed by atoms with Gasteiger partial charge in [0.1, 0.15) is 5.54 Å². The number of allylic oxidation sites excluding steroid dienone is 2. The highest BCUT2D eigenvalue weighted by atomic mass is 16.2. The Morgan fingerprint density at radius 3 is 2.30 bits per heavy atom. The van der Waals surface area contributed by atoms with Gasteiger partial charge in [0, 0.05) is 13.1 Å². The average Bonchev–Trinajstić information content (AvgIpc) is 2.85. The Balaban J connectivity index is 1.65. The summed E-state index contributed by atoms with van der Waals surface area (Å²) >= 11 is 0. The second-order valence-corrected chi connectivity index (χ2v) is 7.88. The average molecular weight is 319 g/mol. The van der Waals surface area contributed by atoms with Crippen molar-refractivity contribution in [1.82, 2.24) is 15.5 Å². The summed E-state index contributed by atoms with van der Waals surface area (Å²) in [6, 6.07) is -0.429. The Labute approximate surface area is 136 Å². The molecule has 0 aromatic heterocycles. The minimum absolute atomic E-state index is 0.00242. The lowest BCUT2D eigenvalue weighted by Crippen LogP contribution is -2.56. The molecule has 0 aromatic carbocycles. The SMILES string of the molecule is CC(C)=C[C@H]1[C@H](C(=O)N2CCC3(CC2)NC(=O)NC3=O)C1(C)C. The van der Waals surface area contributed by atoms with Gasteiger partial charge in [0.05, 0.1) is 5.92 Å². The van der Waals surface area contributed by atoms with Crippen LogP contribution in [-0.4, -0.2) is 41.4 Å². The van der Waals surface area contributed by atoms with Crippen LogP contribution in [0.2, 0.25) is 0 Å². The summed E-state index contributed by atoms with van der Waals surface area (Å²) in [6.45, 7) is 9.41. The predicted molar refractivity (Wildman–Crippen MR) is 85.4 cm³/mol. The van der Waals surface area contributed by atoms with Crippen LogP contribution in [0.25, 0.3) is 0 Å². The van der Waals surface area contributed by atoms with Gasteiger partial charge in [-0.05, 0) is 38.0 Å². The van der Waals surface area contributed by atoms with Gasteiger partial charge < -0.3 is 10.2 Å². The predicted octanol–water partition coefficient (Wildman–Crippen LogP) is 1.43. The molecule has 2 heterocycles. The van der Waals surface area contributed by atoms with Crippen LogP contribution in [0, 0.1) is 17.3 Å². The second-order valence-electron chi connectivity index (χ2n) is 7.88. The van der Waals surface area contributed by atoms with Crippen molar-refractivity contribution in [2.45, 2.75) is 46.1 Å². The first-order valence-corrected chi connectivity index (χ1v) is 8.25. The molecule has 0 radical (unpaired) electrons. The van der Waals surface area contributed by atoms with Gasteiger partial charge >= 0.3 is 6.03 Å². The lowest BCUT2D eigenvalue weighted by molar-refractivity contribution is -0.137. The van der Waals surface area contributed by atoms with Crippen LogP contribution in [0.4, 0.5) is 4.79 Å². The zero-order valence-electron chi connectivity index (χ0n) is 14.2. The standard InChI is InChI=1S/C17H25N3O3/c1-10(2)9-11-12(16(11,3)4)13(21)20-7-5-17(6-8-20)14(22)18-15(23)19-17/h9,11-12H,5-8H2,1-4H3,(H2,18,19,22,23)/t11-,12+/m0/s1. The molecule has 1 spiro atoms.